The SMILES string of the molecule is O=C(Cc1c(F)cc(F)cc1F)Nc1cccc(NC(=O)c2cccnc2)c1. The zero-order valence-corrected chi connectivity index (χ0v) is 14.4. The van der Waals surface area contributed by atoms with Gasteiger partial charge in [0, 0.05) is 41.5 Å². The molecule has 0 unspecified atom stereocenters. The van der Waals surface area contributed by atoms with Crippen LogP contribution in [-0.2, 0) is 11.2 Å². The molecule has 2 aromatic carbocycles. The maximum absolute atomic E-state index is 13.7. The van der Waals surface area contributed by atoms with E-state index in [2.05, 4.69) is 15.6 Å². The summed E-state index contributed by atoms with van der Waals surface area (Å²) in [5.74, 6) is -4.40. The van der Waals surface area contributed by atoms with E-state index in [9.17, 15) is 22.8 Å². The van der Waals surface area contributed by atoms with Crippen molar-refractivity contribution >= 4 is 23.2 Å². The van der Waals surface area contributed by atoms with Crippen LogP contribution in [0.5, 0.6) is 0 Å². The summed E-state index contributed by atoms with van der Waals surface area (Å²) >= 11 is 0. The van der Waals surface area contributed by atoms with E-state index >= 15 is 0 Å². The minimum atomic E-state index is -1.13. The molecule has 0 fully saturated rings. The molecule has 0 aliphatic carbocycles. The quantitative estimate of drug-likeness (QED) is 0.699. The van der Waals surface area contributed by atoms with Crippen molar-refractivity contribution in [3.8, 4) is 0 Å². The number of carbonyl (C=O) groups excluding carboxylic acids is 2. The lowest BCUT2D eigenvalue weighted by molar-refractivity contribution is -0.115. The molecule has 3 rings (SSSR count). The Morgan fingerprint density at radius 3 is 2.21 bits per heavy atom. The highest BCUT2D eigenvalue weighted by molar-refractivity contribution is 6.04. The molecule has 28 heavy (non-hydrogen) atoms. The summed E-state index contributed by atoms with van der Waals surface area (Å²) in [5.41, 5.74) is 0.557. The van der Waals surface area contributed by atoms with E-state index in [4.69, 9.17) is 0 Å². The molecular formula is C20H14F3N3O2. The van der Waals surface area contributed by atoms with E-state index < -0.39 is 35.3 Å². The molecule has 2 N–H and O–H groups in total. The Hall–Kier alpha value is -3.68. The Morgan fingerprint density at radius 2 is 1.57 bits per heavy atom. The Balaban J connectivity index is 1.67. The molecule has 5 nitrogen and oxygen atoms in total. The fourth-order valence-corrected chi connectivity index (χ4v) is 2.48. The lowest BCUT2D eigenvalue weighted by atomic mass is 10.1. The van der Waals surface area contributed by atoms with Gasteiger partial charge in [-0.3, -0.25) is 14.6 Å². The minimum absolute atomic E-state index is 0.317. The fourth-order valence-electron chi connectivity index (χ4n) is 2.48. The van der Waals surface area contributed by atoms with Crippen molar-refractivity contribution in [1.29, 1.82) is 0 Å². The number of halogens is 3. The maximum Gasteiger partial charge on any atom is 0.257 e. The van der Waals surface area contributed by atoms with Crippen LogP contribution in [0.4, 0.5) is 24.5 Å². The van der Waals surface area contributed by atoms with Gasteiger partial charge in [-0.05, 0) is 30.3 Å². The molecule has 0 radical (unpaired) electrons. The summed E-state index contributed by atoms with van der Waals surface area (Å²) < 4.78 is 40.3. The Labute approximate surface area is 158 Å². The first-order valence-corrected chi connectivity index (χ1v) is 8.17. The summed E-state index contributed by atoms with van der Waals surface area (Å²) in [6, 6.07) is 10.5. The highest BCUT2D eigenvalue weighted by Gasteiger charge is 2.15. The lowest BCUT2D eigenvalue weighted by Gasteiger charge is -2.10. The largest absolute Gasteiger partial charge is 0.326 e. The van der Waals surface area contributed by atoms with Crippen LogP contribution in [0.3, 0.4) is 0 Å². The number of anilines is 2. The van der Waals surface area contributed by atoms with Gasteiger partial charge in [0.25, 0.3) is 5.91 Å². The Bertz CT molecular complexity index is 1000. The van der Waals surface area contributed by atoms with E-state index in [1.165, 1.54) is 12.3 Å². The number of rotatable bonds is 5. The van der Waals surface area contributed by atoms with Gasteiger partial charge in [-0.15, -0.1) is 0 Å². The van der Waals surface area contributed by atoms with Gasteiger partial charge in [0.2, 0.25) is 5.91 Å². The van der Waals surface area contributed by atoms with Gasteiger partial charge in [0.15, 0.2) is 0 Å². The number of pyridine rings is 1. The number of nitrogens with zero attached hydrogens (tertiary/aromatic N) is 1. The molecular weight excluding hydrogens is 371 g/mol. The molecule has 2 amide bonds. The number of carbonyl (C=O) groups is 2. The van der Waals surface area contributed by atoms with Gasteiger partial charge < -0.3 is 10.6 Å². The first kappa shape index (κ1) is 19.1. The third kappa shape index (κ3) is 4.73. The monoisotopic (exact) mass is 385 g/mol. The van der Waals surface area contributed by atoms with Crippen LogP contribution in [0.1, 0.15) is 15.9 Å². The van der Waals surface area contributed by atoms with Gasteiger partial charge in [-0.25, -0.2) is 13.2 Å². The molecule has 0 bridgehead atoms. The van der Waals surface area contributed by atoms with Gasteiger partial charge in [-0.2, -0.15) is 0 Å². The fraction of sp³-hybridized carbons (Fsp3) is 0.0500. The number of amides is 2. The summed E-state index contributed by atoms with van der Waals surface area (Å²) in [4.78, 5) is 28.1. The lowest BCUT2D eigenvalue weighted by Crippen LogP contribution is -2.17. The summed E-state index contributed by atoms with van der Waals surface area (Å²) in [7, 11) is 0. The summed E-state index contributed by atoms with van der Waals surface area (Å²) in [6.45, 7) is 0. The molecule has 0 saturated carbocycles. The first-order chi connectivity index (χ1) is 13.4. The number of aromatic nitrogens is 1. The van der Waals surface area contributed by atoms with Crippen molar-refractivity contribution in [2.75, 3.05) is 10.6 Å². The topological polar surface area (TPSA) is 71.1 Å². The second-order valence-electron chi connectivity index (χ2n) is 5.85. The van der Waals surface area contributed by atoms with Crippen molar-refractivity contribution in [3.05, 3.63) is 89.5 Å². The van der Waals surface area contributed by atoms with E-state index in [0.29, 0.717) is 29.1 Å². The third-order valence-corrected chi connectivity index (χ3v) is 3.77. The molecule has 8 heteroatoms. The molecule has 1 aromatic heterocycles. The normalized spacial score (nSPS) is 10.4. The third-order valence-electron chi connectivity index (χ3n) is 3.77. The van der Waals surface area contributed by atoms with Gasteiger partial charge >= 0.3 is 0 Å². The molecule has 142 valence electrons. The number of benzene rings is 2. The predicted octanol–water partition coefficient (Wildman–Crippen LogP) is 3.93. The van der Waals surface area contributed by atoms with E-state index in [-0.39, 0.29) is 5.91 Å². The van der Waals surface area contributed by atoms with E-state index in [1.807, 2.05) is 0 Å². The number of hydrogen-bond acceptors (Lipinski definition) is 3. The van der Waals surface area contributed by atoms with Crippen LogP contribution in [0.25, 0.3) is 0 Å². The highest BCUT2D eigenvalue weighted by Crippen LogP contribution is 2.19. The van der Waals surface area contributed by atoms with Crippen molar-refractivity contribution in [2.45, 2.75) is 6.42 Å². The molecule has 0 aliphatic heterocycles. The standard InChI is InChI=1S/C20H14F3N3O2/c21-13-7-17(22)16(18(23)8-13)10-19(27)25-14-4-1-5-15(9-14)26-20(28)12-3-2-6-24-11-12/h1-9,11H,10H2,(H,25,27)(H,26,28). The minimum Gasteiger partial charge on any atom is -0.326 e. The second kappa shape index (κ2) is 8.34. The van der Waals surface area contributed by atoms with Gasteiger partial charge in [-0.1, -0.05) is 6.07 Å². The number of nitrogens with one attached hydrogen (secondary N) is 2. The van der Waals surface area contributed by atoms with Crippen molar-refractivity contribution in [1.82, 2.24) is 4.98 Å². The van der Waals surface area contributed by atoms with Crippen LogP contribution < -0.4 is 10.6 Å². The van der Waals surface area contributed by atoms with Gasteiger partial charge in [0.05, 0.1) is 12.0 Å². The molecule has 0 aliphatic rings. The zero-order chi connectivity index (χ0) is 20.1. The molecule has 0 saturated heterocycles. The van der Waals surface area contributed by atoms with Gasteiger partial charge in [0.1, 0.15) is 17.5 Å². The average Bonchev–Trinajstić information content (AvgIpc) is 2.65. The second-order valence-corrected chi connectivity index (χ2v) is 5.85. The predicted molar refractivity (Wildman–Crippen MR) is 97.3 cm³/mol. The van der Waals surface area contributed by atoms with Crippen molar-refractivity contribution in [3.63, 3.8) is 0 Å². The Morgan fingerprint density at radius 1 is 0.893 bits per heavy atom. The molecule has 1 heterocycles. The summed E-state index contributed by atoms with van der Waals surface area (Å²) in [6.07, 6.45) is 2.34. The molecule has 0 spiro atoms. The van der Waals surface area contributed by atoms with Crippen LogP contribution in [-0.4, -0.2) is 16.8 Å². The maximum atomic E-state index is 13.7. The first-order valence-electron chi connectivity index (χ1n) is 8.17. The molecule has 0 atom stereocenters. The average molecular weight is 385 g/mol. The van der Waals surface area contributed by atoms with Crippen LogP contribution >= 0.6 is 0 Å². The smallest absolute Gasteiger partial charge is 0.257 e. The van der Waals surface area contributed by atoms with Crippen LogP contribution in [0.2, 0.25) is 0 Å². The summed E-state index contributed by atoms with van der Waals surface area (Å²) in [5, 5.41) is 5.14. The number of hydrogen-bond donors (Lipinski definition) is 2. The van der Waals surface area contributed by atoms with Crippen LogP contribution in [0, 0.1) is 17.5 Å². The zero-order valence-electron chi connectivity index (χ0n) is 14.4. The highest BCUT2D eigenvalue weighted by atomic mass is 19.1. The Kier molecular flexibility index (Phi) is 5.69. The van der Waals surface area contributed by atoms with E-state index in [0.717, 1.165) is 0 Å². The van der Waals surface area contributed by atoms with Crippen LogP contribution in [0.15, 0.2) is 60.9 Å². The van der Waals surface area contributed by atoms with Crippen molar-refractivity contribution in [2.24, 2.45) is 0 Å². The molecule has 3 aromatic rings. The van der Waals surface area contributed by atoms with Crippen molar-refractivity contribution < 1.29 is 22.8 Å². The van der Waals surface area contributed by atoms with E-state index in [1.54, 1.807) is 36.5 Å².